The van der Waals surface area contributed by atoms with Crippen molar-refractivity contribution in [2.45, 2.75) is 39.8 Å². The highest BCUT2D eigenvalue weighted by molar-refractivity contribution is 5.77. The zero-order chi connectivity index (χ0) is 20.1. The second kappa shape index (κ2) is 8.69. The molecule has 0 aliphatic heterocycles. The zero-order valence-corrected chi connectivity index (χ0v) is 16.5. The number of aromatic amines is 1. The van der Waals surface area contributed by atoms with Gasteiger partial charge in [0, 0.05) is 6.54 Å². The van der Waals surface area contributed by atoms with E-state index in [4.69, 9.17) is 0 Å². The molecule has 0 saturated heterocycles. The Kier molecular flexibility index (Phi) is 6.09. The van der Waals surface area contributed by atoms with Gasteiger partial charge in [0.05, 0.1) is 23.5 Å². The van der Waals surface area contributed by atoms with Gasteiger partial charge in [-0.3, -0.25) is 4.79 Å². The number of urea groups is 1. The molecule has 1 aromatic heterocycles. The molecule has 0 aliphatic carbocycles. The predicted molar refractivity (Wildman–Crippen MR) is 111 cm³/mol. The van der Waals surface area contributed by atoms with Crippen LogP contribution in [0.1, 0.15) is 43.8 Å². The first-order valence-electron chi connectivity index (χ1n) is 9.64. The standard InChI is InChI=1S/C22H26N4O2/c1-4-16-10-12-17(13-11-16)15(3)23-22(28)26(5-2)14-20-24-19-9-7-6-8-18(19)21(27)25-20/h6-13,15H,4-5,14H2,1-3H3,(H,23,28)(H,24,25,27). The number of nitrogens with one attached hydrogen (secondary N) is 2. The van der Waals surface area contributed by atoms with Crippen LogP contribution in [-0.2, 0) is 13.0 Å². The quantitative estimate of drug-likeness (QED) is 0.685. The Hall–Kier alpha value is -3.15. The summed E-state index contributed by atoms with van der Waals surface area (Å²) in [6, 6.07) is 15.1. The lowest BCUT2D eigenvalue weighted by atomic mass is 10.1. The van der Waals surface area contributed by atoms with Gasteiger partial charge < -0.3 is 15.2 Å². The van der Waals surface area contributed by atoms with Crippen LogP contribution in [0.2, 0.25) is 0 Å². The molecule has 28 heavy (non-hydrogen) atoms. The Morgan fingerprint density at radius 2 is 1.86 bits per heavy atom. The molecule has 2 amide bonds. The second-order valence-electron chi connectivity index (χ2n) is 6.81. The number of carbonyl (C=O) groups excluding carboxylic acids is 1. The molecule has 0 bridgehead atoms. The highest BCUT2D eigenvalue weighted by atomic mass is 16.2. The summed E-state index contributed by atoms with van der Waals surface area (Å²) in [5, 5.41) is 3.57. The molecule has 3 rings (SSSR count). The number of fused-ring (bicyclic) bond motifs is 1. The molecule has 0 saturated carbocycles. The fourth-order valence-corrected chi connectivity index (χ4v) is 3.12. The van der Waals surface area contributed by atoms with E-state index in [1.807, 2.05) is 32.0 Å². The van der Waals surface area contributed by atoms with Gasteiger partial charge in [0.2, 0.25) is 0 Å². The van der Waals surface area contributed by atoms with Crippen LogP contribution in [-0.4, -0.2) is 27.4 Å². The fraction of sp³-hybridized carbons (Fsp3) is 0.318. The van der Waals surface area contributed by atoms with Crippen molar-refractivity contribution in [2.75, 3.05) is 6.54 Å². The molecule has 1 unspecified atom stereocenters. The molecule has 6 nitrogen and oxygen atoms in total. The van der Waals surface area contributed by atoms with Crippen molar-refractivity contribution in [3.63, 3.8) is 0 Å². The molecule has 1 atom stereocenters. The van der Waals surface area contributed by atoms with Gasteiger partial charge in [-0.15, -0.1) is 0 Å². The lowest BCUT2D eigenvalue weighted by Crippen LogP contribution is -2.41. The number of nitrogens with zero attached hydrogens (tertiary/aromatic N) is 2. The molecule has 2 aromatic carbocycles. The summed E-state index contributed by atoms with van der Waals surface area (Å²) < 4.78 is 0. The van der Waals surface area contributed by atoms with Gasteiger partial charge >= 0.3 is 6.03 Å². The Labute approximate surface area is 164 Å². The van der Waals surface area contributed by atoms with Crippen LogP contribution < -0.4 is 10.9 Å². The smallest absolute Gasteiger partial charge is 0.318 e. The molecule has 3 aromatic rings. The van der Waals surface area contributed by atoms with Gasteiger partial charge in [0.1, 0.15) is 5.82 Å². The molecular formula is C22H26N4O2. The number of para-hydroxylation sites is 1. The predicted octanol–water partition coefficient (Wildman–Crippen LogP) is 3.78. The van der Waals surface area contributed by atoms with Crippen LogP contribution in [0.4, 0.5) is 4.79 Å². The Morgan fingerprint density at radius 3 is 2.54 bits per heavy atom. The summed E-state index contributed by atoms with van der Waals surface area (Å²) in [7, 11) is 0. The van der Waals surface area contributed by atoms with E-state index in [0.717, 1.165) is 12.0 Å². The highest BCUT2D eigenvalue weighted by Gasteiger charge is 2.17. The third-order valence-electron chi connectivity index (χ3n) is 4.90. The Bertz CT molecular complexity index is 1010. The second-order valence-corrected chi connectivity index (χ2v) is 6.81. The van der Waals surface area contributed by atoms with Crippen molar-refractivity contribution in [1.29, 1.82) is 0 Å². The average molecular weight is 378 g/mol. The van der Waals surface area contributed by atoms with E-state index in [2.05, 4.69) is 34.3 Å². The van der Waals surface area contributed by atoms with Crippen molar-refractivity contribution in [2.24, 2.45) is 0 Å². The molecule has 0 spiro atoms. The minimum absolute atomic E-state index is 0.115. The number of carbonyl (C=O) groups is 1. The van der Waals surface area contributed by atoms with Gasteiger partial charge in [0.15, 0.2) is 0 Å². The van der Waals surface area contributed by atoms with Gasteiger partial charge in [-0.25, -0.2) is 9.78 Å². The largest absolute Gasteiger partial charge is 0.331 e. The Morgan fingerprint density at radius 1 is 1.14 bits per heavy atom. The molecule has 0 radical (unpaired) electrons. The molecule has 146 valence electrons. The summed E-state index contributed by atoms with van der Waals surface area (Å²) in [5.74, 6) is 0.473. The highest BCUT2D eigenvalue weighted by Crippen LogP contribution is 2.15. The molecular weight excluding hydrogens is 352 g/mol. The number of hydrogen-bond donors (Lipinski definition) is 2. The summed E-state index contributed by atoms with van der Waals surface area (Å²) in [5.41, 5.74) is 2.76. The van der Waals surface area contributed by atoms with E-state index >= 15 is 0 Å². The van der Waals surface area contributed by atoms with Crippen molar-refractivity contribution in [3.05, 3.63) is 75.8 Å². The maximum atomic E-state index is 12.7. The van der Waals surface area contributed by atoms with Crippen LogP contribution >= 0.6 is 0 Å². The summed E-state index contributed by atoms with van der Waals surface area (Å²) in [4.78, 5) is 33.9. The molecule has 6 heteroatoms. The van der Waals surface area contributed by atoms with E-state index in [-0.39, 0.29) is 24.2 Å². The molecule has 1 heterocycles. The van der Waals surface area contributed by atoms with E-state index in [1.54, 1.807) is 23.1 Å². The van der Waals surface area contributed by atoms with Gasteiger partial charge in [0.25, 0.3) is 5.56 Å². The van der Waals surface area contributed by atoms with E-state index in [9.17, 15) is 9.59 Å². The Balaban J connectivity index is 1.72. The number of aromatic nitrogens is 2. The van der Waals surface area contributed by atoms with Crippen LogP contribution in [0.25, 0.3) is 10.9 Å². The van der Waals surface area contributed by atoms with E-state index in [0.29, 0.717) is 23.3 Å². The first-order valence-corrected chi connectivity index (χ1v) is 9.64. The number of H-pyrrole nitrogens is 1. The monoisotopic (exact) mass is 378 g/mol. The van der Waals surface area contributed by atoms with Crippen molar-refractivity contribution < 1.29 is 4.79 Å². The van der Waals surface area contributed by atoms with Crippen LogP contribution in [0, 0.1) is 0 Å². The van der Waals surface area contributed by atoms with Crippen molar-refractivity contribution in [1.82, 2.24) is 20.2 Å². The van der Waals surface area contributed by atoms with Gasteiger partial charge in [-0.2, -0.15) is 0 Å². The van der Waals surface area contributed by atoms with E-state index < -0.39 is 0 Å². The van der Waals surface area contributed by atoms with E-state index in [1.165, 1.54) is 5.56 Å². The summed E-state index contributed by atoms with van der Waals surface area (Å²) >= 11 is 0. The number of rotatable bonds is 6. The number of amides is 2. The molecule has 2 N–H and O–H groups in total. The SMILES string of the molecule is CCc1ccc(C(C)NC(=O)N(CC)Cc2nc3ccccc3c(=O)[nH]2)cc1. The minimum atomic E-state index is -0.193. The normalized spacial score (nSPS) is 12.0. The van der Waals surface area contributed by atoms with Crippen molar-refractivity contribution in [3.8, 4) is 0 Å². The third kappa shape index (κ3) is 4.39. The fourth-order valence-electron chi connectivity index (χ4n) is 3.12. The average Bonchev–Trinajstić information content (AvgIpc) is 2.72. The lowest BCUT2D eigenvalue weighted by molar-refractivity contribution is 0.193. The maximum absolute atomic E-state index is 12.7. The number of benzene rings is 2. The van der Waals surface area contributed by atoms with Crippen LogP contribution in [0.3, 0.4) is 0 Å². The topological polar surface area (TPSA) is 78.1 Å². The van der Waals surface area contributed by atoms with Crippen molar-refractivity contribution >= 4 is 16.9 Å². The number of hydrogen-bond acceptors (Lipinski definition) is 3. The molecule has 0 aliphatic rings. The molecule has 0 fully saturated rings. The zero-order valence-electron chi connectivity index (χ0n) is 16.5. The minimum Gasteiger partial charge on any atom is -0.331 e. The van der Waals surface area contributed by atoms with Gasteiger partial charge in [-0.1, -0.05) is 43.3 Å². The number of aryl methyl sites for hydroxylation is 1. The van der Waals surface area contributed by atoms with Gasteiger partial charge in [-0.05, 0) is 43.5 Å². The maximum Gasteiger partial charge on any atom is 0.318 e. The third-order valence-corrected chi connectivity index (χ3v) is 4.90. The summed E-state index contributed by atoms with van der Waals surface area (Å²) in [6.45, 7) is 6.72. The summed E-state index contributed by atoms with van der Waals surface area (Å²) in [6.07, 6.45) is 0.988. The van der Waals surface area contributed by atoms with Crippen LogP contribution in [0.5, 0.6) is 0 Å². The first kappa shape index (κ1) is 19.6. The lowest BCUT2D eigenvalue weighted by Gasteiger charge is -2.24. The first-order chi connectivity index (χ1) is 13.5. The van der Waals surface area contributed by atoms with Crippen LogP contribution in [0.15, 0.2) is 53.3 Å².